The third-order valence-corrected chi connectivity index (χ3v) is 4.04. The maximum atomic E-state index is 5.73. The van der Waals surface area contributed by atoms with E-state index in [1.165, 1.54) is 12.8 Å². The molecule has 5 heteroatoms. The zero-order valence-electron chi connectivity index (χ0n) is 12.7. The van der Waals surface area contributed by atoms with Crippen LogP contribution in [0.1, 0.15) is 49.1 Å². The Morgan fingerprint density at radius 2 is 2.10 bits per heavy atom. The van der Waals surface area contributed by atoms with Gasteiger partial charge in [0.1, 0.15) is 5.75 Å². The molecular weight excluding hydrogens is 266 g/mol. The van der Waals surface area contributed by atoms with Crippen molar-refractivity contribution in [2.24, 2.45) is 0 Å². The quantitative estimate of drug-likeness (QED) is 0.817. The molecule has 1 aromatic carbocycles. The van der Waals surface area contributed by atoms with Crippen molar-refractivity contribution in [3.8, 4) is 5.75 Å². The summed E-state index contributed by atoms with van der Waals surface area (Å²) in [5.74, 6) is 2.88. The Bertz CT molecular complexity index is 607. The van der Waals surface area contributed by atoms with Gasteiger partial charge in [-0.3, -0.25) is 4.90 Å². The lowest BCUT2D eigenvalue weighted by molar-refractivity contribution is 0.221. The summed E-state index contributed by atoms with van der Waals surface area (Å²) in [5, 5.41) is 8.28. The van der Waals surface area contributed by atoms with Crippen LogP contribution in [0.15, 0.2) is 28.7 Å². The zero-order valence-corrected chi connectivity index (χ0v) is 12.7. The molecule has 0 saturated heterocycles. The molecule has 1 atom stereocenters. The fraction of sp³-hybridized carbons (Fsp3) is 0.500. The van der Waals surface area contributed by atoms with Crippen molar-refractivity contribution in [1.82, 2.24) is 15.1 Å². The summed E-state index contributed by atoms with van der Waals surface area (Å²) in [4.78, 5) is 2.18. The van der Waals surface area contributed by atoms with E-state index >= 15 is 0 Å². The minimum atomic E-state index is 0.206. The Morgan fingerprint density at radius 1 is 1.33 bits per heavy atom. The standard InChI is InChI=1S/C16H21N3O2/c1-11(13-6-4-5-7-14(13)20-3)19(2)10-15-17-18-16(21-15)12-8-9-12/h4-7,11-12H,8-10H2,1-3H3. The van der Waals surface area contributed by atoms with E-state index in [0.29, 0.717) is 18.4 Å². The number of methoxy groups -OCH3 is 1. The summed E-state index contributed by atoms with van der Waals surface area (Å²) in [5.41, 5.74) is 1.16. The predicted molar refractivity (Wildman–Crippen MR) is 79.1 cm³/mol. The van der Waals surface area contributed by atoms with Crippen LogP contribution in [0.2, 0.25) is 0 Å². The summed E-state index contributed by atoms with van der Waals surface area (Å²) in [6.07, 6.45) is 2.35. The van der Waals surface area contributed by atoms with Crippen molar-refractivity contribution >= 4 is 0 Å². The van der Waals surface area contributed by atoms with E-state index in [9.17, 15) is 0 Å². The average molecular weight is 287 g/mol. The molecule has 1 aromatic heterocycles. The highest BCUT2D eigenvalue weighted by Gasteiger charge is 2.29. The van der Waals surface area contributed by atoms with Crippen LogP contribution in [-0.4, -0.2) is 29.3 Å². The summed E-state index contributed by atoms with van der Waals surface area (Å²) in [7, 11) is 3.75. The van der Waals surface area contributed by atoms with Crippen molar-refractivity contribution in [3.05, 3.63) is 41.6 Å². The van der Waals surface area contributed by atoms with Gasteiger partial charge in [-0.05, 0) is 32.9 Å². The molecule has 0 spiro atoms. The van der Waals surface area contributed by atoms with Crippen LogP contribution in [0.4, 0.5) is 0 Å². The van der Waals surface area contributed by atoms with Crippen molar-refractivity contribution < 1.29 is 9.15 Å². The predicted octanol–water partition coefficient (Wildman–Crippen LogP) is 3.15. The van der Waals surface area contributed by atoms with Gasteiger partial charge < -0.3 is 9.15 Å². The van der Waals surface area contributed by atoms with Gasteiger partial charge in [-0.1, -0.05) is 18.2 Å². The monoisotopic (exact) mass is 287 g/mol. The summed E-state index contributed by atoms with van der Waals surface area (Å²) < 4.78 is 11.2. The number of hydrogen-bond donors (Lipinski definition) is 0. The van der Waals surface area contributed by atoms with E-state index in [1.807, 2.05) is 18.2 Å². The van der Waals surface area contributed by atoms with E-state index in [2.05, 4.69) is 35.1 Å². The molecule has 0 bridgehead atoms. The van der Waals surface area contributed by atoms with Gasteiger partial charge in [0.25, 0.3) is 0 Å². The van der Waals surface area contributed by atoms with Gasteiger partial charge in [0.15, 0.2) is 0 Å². The summed E-state index contributed by atoms with van der Waals surface area (Å²) in [6.45, 7) is 2.79. The Kier molecular flexibility index (Phi) is 3.92. The highest BCUT2D eigenvalue weighted by molar-refractivity contribution is 5.35. The topological polar surface area (TPSA) is 51.4 Å². The number of aromatic nitrogens is 2. The smallest absolute Gasteiger partial charge is 0.230 e. The zero-order chi connectivity index (χ0) is 14.8. The van der Waals surface area contributed by atoms with Crippen LogP contribution in [0.5, 0.6) is 5.75 Å². The molecule has 0 radical (unpaired) electrons. The SMILES string of the molecule is COc1ccccc1C(C)N(C)Cc1nnc(C2CC2)o1. The number of para-hydroxylation sites is 1. The van der Waals surface area contributed by atoms with Crippen molar-refractivity contribution in [1.29, 1.82) is 0 Å². The van der Waals surface area contributed by atoms with Crippen LogP contribution < -0.4 is 4.74 Å². The second-order valence-corrected chi connectivity index (χ2v) is 5.64. The highest BCUT2D eigenvalue weighted by atomic mass is 16.5. The number of benzene rings is 1. The maximum Gasteiger partial charge on any atom is 0.230 e. The molecular formula is C16H21N3O2. The molecule has 3 rings (SSSR count). The maximum absolute atomic E-state index is 5.73. The fourth-order valence-electron chi connectivity index (χ4n) is 2.43. The van der Waals surface area contributed by atoms with Crippen LogP contribution in [0.25, 0.3) is 0 Å². The van der Waals surface area contributed by atoms with Gasteiger partial charge in [-0.2, -0.15) is 0 Å². The van der Waals surface area contributed by atoms with E-state index < -0.39 is 0 Å². The second-order valence-electron chi connectivity index (χ2n) is 5.64. The van der Waals surface area contributed by atoms with Gasteiger partial charge in [0, 0.05) is 17.5 Å². The average Bonchev–Trinajstić information content (AvgIpc) is 3.26. The molecule has 1 aliphatic rings. The van der Waals surface area contributed by atoms with Gasteiger partial charge in [-0.15, -0.1) is 10.2 Å². The first-order valence-corrected chi connectivity index (χ1v) is 7.34. The van der Waals surface area contributed by atoms with E-state index in [0.717, 1.165) is 17.2 Å². The first-order chi connectivity index (χ1) is 10.2. The normalized spacial score (nSPS) is 16.2. The van der Waals surface area contributed by atoms with Crippen LogP contribution in [-0.2, 0) is 6.54 Å². The molecule has 21 heavy (non-hydrogen) atoms. The lowest BCUT2D eigenvalue weighted by Gasteiger charge is -2.24. The van der Waals surface area contributed by atoms with Gasteiger partial charge in [-0.25, -0.2) is 0 Å². The number of rotatable bonds is 6. The minimum absolute atomic E-state index is 0.206. The number of hydrogen-bond acceptors (Lipinski definition) is 5. The van der Waals surface area contributed by atoms with Crippen LogP contribution in [0, 0.1) is 0 Å². The van der Waals surface area contributed by atoms with Crippen molar-refractivity contribution in [2.45, 2.75) is 38.3 Å². The minimum Gasteiger partial charge on any atom is -0.496 e. The molecule has 1 heterocycles. The van der Waals surface area contributed by atoms with Crippen molar-refractivity contribution in [3.63, 3.8) is 0 Å². The third-order valence-electron chi connectivity index (χ3n) is 4.04. The Morgan fingerprint density at radius 3 is 2.81 bits per heavy atom. The van der Waals surface area contributed by atoms with Gasteiger partial charge in [0.2, 0.25) is 11.8 Å². The molecule has 0 N–H and O–H groups in total. The van der Waals surface area contributed by atoms with Gasteiger partial charge >= 0.3 is 0 Å². The molecule has 1 saturated carbocycles. The summed E-state index contributed by atoms with van der Waals surface area (Å²) >= 11 is 0. The van der Waals surface area contributed by atoms with E-state index in [4.69, 9.17) is 9.15 Å². The lowest BCUT2D eigenvalue weighted by atomic mass is 10.1. The van der Waals surface area contributed by atoms with Gasteiger partial charge in [0.05, 0.1) is 13.7 Å². The largest absolute Gasteiger partial charge is 0.496 e. The Balaban J connectivity index is 1.69. The summed E-state index contributed by atoms with van der Waals surface area (Å²) in [6, 6.07) is 8.29. The van der Waals surface area contributed by atoms with E-state index in [1.54, 1.807) is 7.11 Å². The Hall–Kier alpha value is -1.88. The highest BCUT2D eigenvalue weighted by Crippen LogP contribution is 2.39. The Labute approximate surface area is 124 Å². The molecule has 5 nitrogen and oxygen atoms in total. The van der Waals surface area contributed by atoms with Crippen LogP contribution >= 0.6 is 0 Å². The molecule has 0 aliphatic heterocycles. The fourth-order valence-corrected chi connectivity index (χ4v) is 2.43. The molecule has 112 valence electrons. The lowest BCUT2D eigenvalue weighted by Crippen LogP contribution is -2.22. The first kappa shape index (κ1) is 14.1. The second kappa shape index (κ2) is 5.85. The van der Waals surface area contributed by atoms with Crippen LogP contribution in [0.3, 0.4) is 0 Å². The molecule has 1 unspecified atom stereocenters. The third kappa shape index (κ3) is 3.08. The number of ether oxygens (including phenoxy) is 1. The molecule has 1 aliphatic carbocycles. The molecule has 0 amide bonds. The van der Waals surface area contributed by atoms with E-state index in [-0.39, 0.29) is 6.04 Å². The molecule has 1 fully saturated rings. The molecule has 2 aromatic rings. The number of nitrogens with zero attached hydrogens (tertiary/aromatic N) is 3. The van der Waals surface area contributed by atoms with Crippen molar-refractivity contribution in [2.75, 3.05) is 14.2 Å². The first-order valence-electron chi connectivity index (χ1n) is 7.34.